The molecule has 0 fully saturated rings. The van der Waals surface area contributed by atoms with Gasteiger partial charge in [0, 0.05) is 9.17 Å². The van der Waals surface area contributed by atoms with Gasteiger partial charge >= 0.3 is 71.4 Å². The molecule has 72 valence electrons. The second-order valence-corrected chi connectivity index (χ2v) is 1.32. The Morgan fingerprint density at radius 2 is 0.857 bits per heavy atom. The number of carboxylic acid groups (broad SMARTS) is 4. The van der Waals surface area contributed by atoms with Crippen LogP contribution < -0.4 is 68.7 Å². The topological polar surface area (TPSA) is 178 Å². The van der Waals surface area contributed by atoms with Crippen molar-refractivity contribution >= 4 is 21.5 Å². The normalized spacial score (nSPS) is 5.14. The first kappa shape index (κ1) is 29.2. The molecule has 0 aromatic rings. The van der Waals surface area contributed by atoms with Crippen LogP contribution in [0.3, 0.4) is 0 Å². The summed E-state index contributed by atoms with van der Waals surface area (Å²) >= 11 is 0. The fourth-order valence-electron chi connectivity index (χ4n) is 0. The minimum atomic E-state index is -3.63. The van der Waals surface area contributed by atoms with Gasteiger partial charge in [0.15, 0.2) is 0 Å². The first-order chi connectivity index (χ1) is 5.20. The maximum atomic E-state index is 8.56. The zero-order valence-corrected chi connectivity index (χ0v) is 12.3. The summed E-state index contributed by atoms with van der Waals surface area (Å²) in [6.07, 6.45) is -3.67. The molecule has 0 atom stereocenters. The van der Waals surface area contributed by atoms with E-state index in [0.29, 0.717) is 0 Å². The van der Waals surface area contributed by atoms with E-state index < -0.39 is 21.5 Å². The zero-order valence-electron chi connectivity index (χ0n) is 7.33. The summed E-state index contributed by atoms with van der Waals surface area (Å²) < 4.78 is 8.52. The van der Waals surface area contributed by atoms with Crippen LogP contribution in [0.1, 0.15) is 0 Å². The third-order valence-electron chi connectivity index (χ3n) is 0. The SMILES string of the molecule is O=C(O)O.O=C(O)O.O=[Si]([O-])[O-].[Na+].[Na+]. The van der Waals surface area contributed by atoms with Crippen molar-refractivity contribution < 1.29 is 103 Å². The van der Waals surface area contributed by atoms with E-state index in [9.17, 15) is 0 Å². The first-order valence-corrected chi connectivity index (χ1v) is 3.14. The molecule has 12 heteroatoms. The number of hydrogen-bond acceptors (Lipinski definition) is 5. The predicted molar refractivity (Wildman–Crippen MR) is 27.7 cm³/mol. The van der Waals surface area contributed by atoms with Crippen molar-refractivity contribution in [1.29, 1.82) is 0 Å². The molecule has 0 spiro atoms. The van der Waals surface area contributed by atoms with E-state index in [1.165, 1.54) is 0 Å². The van der Waals surface area contributed by atoms with Crippen molar-refractivity contribution in [2.75, 3.05) is 0 Å². The Labute approximate surface area is 123 Å². The second kappa shape index (κ2) is 23.2. The van der Waals surface area contributed by atoms with Crippen LogP contribution in [-0.4, -0.2) is 41.9 Å². The van der Waals surface area contributed by atoms with Crippen molar-refractivity contribution in [1.82, 2.24) is 0 Å². The van der Waals surface area contributed by atoms with Crippen LogP contribution in [0, 0.1) is 0 Å². The molecule has 0 rings (SSSR count). The van der Waals surface area contributed by atoms with Crippen LogP contribution in [0.15, 0.2) is 0 Å². The summed E-state index contributed by atoms with van der Waals surface area (Å²) in [5.41, 5.74) is 0. The molecule has 0 saturated heterocycles. The molecule has 0 bridgehead atoms. The van der Waals surface area contributed by atoms with Crippen molar-refractivity contribution in [3.63, 3.8) is 0 Å². The van der Waals surface area contributed by atoms with E-state index in [-0.39, 0.29) is 59.1 Å². The van der Waals surface area contributed by atoms with E-state index in [0.717, 1.165) is 0 Å². The van der Waals surface area contributed by atoms with E-state index in [1.807, 2.05) is 0 Å². The van der Waals surface area contributed by atoms with Crippen molar-refractivity contribution in [2.45, 2.75) is 0 Å². The zero-order chi connectivity index (χ0) is 10.7. The summed E-state index contributed by atoms with van der Waals surface area (Å²) in [7, 11) is -3.63. The Morgan fingerprint density at radius 3 is 0.857 bits per heavy atom. The van der Waals surface area contributed by atoms with Gasteiger partial charge in [-0.25, -0.2) is 9.59 Å². The maximum Gasteiger partial charge on any atom is 1.00 e. The van der Waals surface area contributed by atoms with E-state index in [1.54, 1.807) is 0 Å². The van der Waals surface area contributed by atoms with Gasteiger partial charge in [-0.1, -0.05) is 0 Å². The van der Waals surface area contributed by atoms with Gasteiger partial charge in [0.25, 0.3) is 0 Å². The Morgan fingerprint density at radius 1 is 0.857 bits per heavy atom. The Balaban J connectivity index is -0.0000000270. The van der Waals surface area contributed by atoms with Gasteiger partial charge in [-0.2, -0.15) is 0 Å². The fraction of sp³-hybridized carbons (Fsp3) is 0. The van der Waals surface area contributed by atoms with E-state index in [4.69, 9.17) is 44.1 Å². The molecule has 0 saturated carbocycles. The molecule has 0 heterocycles. The molecule has 9 nitrogen and oxygen atoms in total. The number of rotatable bonds is 0. The van der Waals surface area contributed by atoms with Gasteiger partial charge in [0.2, 0.25) is 0 Å². The largest absolute Gasteiger partial charge is 1.00 e. The van der Waals surface area contributed by atoms with Crippen LogP contribution in [0.25, 0.3) is 0 Å². The van der Waals surface area contributed by atoms with E-state index >= 15 is 0 Å². The predicted octanol–water partition coefficient (Wildman–Crippen LogP) is -8.42. The molecular formula is C2H4Na2O9Si. The number of hydrogen-bond donors (Lipinski definition) is 4. The summed E-state index contributed by atoms with van der Waals surface area (Å²) in [6.45, 7) is 0. The van der Waals surface area contributed by atoms with Crippen LogP contribution in [0.4, 0.5) is 9.59 Å². The average molecular weight is 246 g/mol. The van der Waals surface area contributed by atoms with Crippen LogP contribution in [0.5, 0.6) is 0 Å². The van der Waals surface area contributed by atoms with Gasteiger partial charge in [0.1, 0.15) is 0 Å². The third-order valence-corrected chi connectivity index (χ3v) is 0. The molecule has 14 heavy (non-hydrogen) atoms. The van der Waals surface area contributed by atoms with Crippen LogP contribution in [-0.2, 0) is 4.46 Å². The summed E-state index contributed by atoms with van der Waals surface area (Å²) in [4.78, 5) is 34.1. The molecule has 0 radical (unpaired) electrons. The second-order valence-electron chi connectivity index (χ2n) is 0.815. The van der Waals surface area contributed by atoms with Gasteiger partial charge in [0.05, 0.1) is 0 Å². The molecule has 4 N–H and O–H groups in total. The summed E-state index contributed by atoms with van der Waals surface area (Å²) in [6, 6.07) is 0. The van der Waals surface area contributed by atoms with Gasteiger partial charge in [-0.3, -0.25) is 0 Å². The molecule has 0 aromatic carbocycles. The first-order valence-electron chi connectivity index (χ1n) is 1.92. The molecule has 0 amide bonds. The van der Waals surface area contributed by atoms with Crippen molar-refractivity contribution in [2.24, 2.45) is 0 Å². The molecule has 0 unspecified atom stereocenters. The fourth-order valence-corrected chi connectivity index (χ4v) is 0. The van der Waals surface area contributed by atoms with Gasteiger partial charge < -0.3 is 34.5 Å². The summed E-state index contributed by atoms with van der Waals surface area (Å²) in [5, 5.41) is 27.9. The minimum Gasteiger partial charge on any atom is -0.672 e. The molecule has 0 aliphatic heterocycles. The molecule has 0 aromatic heterocycles. The van der Waals surface area contributed by atoms with Crippen molar-refractivity contribution in [3.8, 4) is 0 Å². The Bertz CT molecular complexity index is 118. The van der Waals surface area contributed by atoms with Crippen molar-refractivity contribution in [3.05, 3.63) is 0 Å². The standard InChI is InChI=1S/2CH2O3.2Na.O3Si/c2*2-1(3)4;;;1-4(2)3/h2*(H2,2,3,4);;;/q;;2*+1;-2. The Kier molecular flexibility index (Phi) is 48.4. The molecule has 0 aliphatic carbocycles. The van der Waals surface area contributed by atoms with Gasteiger partial charge in [-0.05, 0) is 0 Å². The molecule has 0 aliphatic rings. The maximum absolute atomic E-state index is 8.56. The van der Waals surface area contributed by atoms with Crippen LogP contribution >= 0.6 is 0 Å². The third kappa shape index (κ3) is 61500. The van der Waals surface area contributed by atoms with E-state index in [2.05, 4.69) is 0 Å². The smallest absolute Gasteiger partial charge is 0.672 e. The molecular weight excluding hydrogens is 242 g/mol. The summed E-state index contributed by atoms with van der Waals surface area (Å²) in [5.74, 6) is 0. The monoisotopic (exact) mass is 246 g/mol. The van der Waals surface area contributed by atoms with Gasteiger partial charge in [-0.15, -0.1) is 0 Å². The van der Waals surface area contributed by atoms with Crippen LogP contribution in [0.2, 0.25) is 0 Å². The Hall–Kier alpha value is 0.157. The number of carbonyl (C=O) groups is 2. The average Bonchev–Trinajstić information content (AvgIpc) is 1.54. The quantitative estimate of drug-likeness (QED) is 0.302. The minimum absolute atomic E-state index is 0.